The van der Waals surface area contributed by atoms with Gasteiger partial charge in [-0.15, -0.1) is 0 Å². The number of carbonyl (C=O) groups excluding carboxylic acids is 1. The van der Waals surface area contributed by atoms with Crippen molar-refractivity contribution < 1.29 is 9.53 Å². The molecule has 24 heavy (non-hydrogen) atoms. The van der Waals surface area contributed by atoms with Crippen LogP contribution >= 0.6 is 23.2 Å². The molecule has 0 radical (unpaired) electrons. The van der Waals surface area contributed by atoms with Crippen LogP contribution in [-0.4, -0.2) is 5.24 Å². The van der Waals surface area contributed by atoms with Crippen LogP contribution in [0.5, 0.6) is 5.75 Å². The van der Waals surface area contributed by atoms with Crippen LogP contribution in [0.15, 0.2) is 66.7 Å². The van der Waals surface area contributed by atoms with E-state index < -0.39 is 5.24 Å². The minimum atomic E-state index is -0.526. The minimum absolute atomic E-state index is 0.427. The summed E-state index contributed by atoms with van der Waals surface area (Å²) in [5.74, 6) is 0.596. The van der Waals surface area contributed by atoms with E-state index in [-0.39, 0.29) is 0 Å². The quantitative estimate of drug-likeness (QED) is 0.423. The largest absolute Gasteiger partial charge is 0.487 e. The zero-order chi connectivity index (χ0) is 16.9. The van der Waals surface area contributed by atoms with Crippen LogP contribution in [0, 0.1) is 0 Å². The molecule has 0 atom stereocenters. The Morgan fingerprint density at radius 3 is 2.62 bits per heavy atom. The van der Waals surface area contributed by atoms with Crippen LogP contribution in [0.4, 0.5) is 0 Å². The summed E-state index contributed by atoms with van der Waals surface area (Å²) < 4.78 is 5.86. The predicted molar refractivity (Wildman–Crippen MR) is 99.6 cm³/mol. The van der Waals surface area contributed by atoms with Gasteiger partial charge in [0.05, 0.1) is 5.02 Å². The number of halogens is 2. The van der Waals surface area contributed by atoms with Gasteiger partial charge in [-0.3, -0.25) is 4.79 Å². The number of rotatable bonds is 5. The molecule has 0 aromatic heterocycles. The lowest BCUT2D eigenvalue weighted by atomic mass is 10.1. The van der Waals surface area contributed by atoms with E-state index in [1.54, 1.807) is 18.2 Å². The summed E-state index contributed by atoms with van der Waals surface area (Å²) in [5.41, 5.74) is 1.88. The number of ether oxygens (including phenoxy) is 1. The molecule has 3 aromatic carbocycles. The first-order chi connectivity index (χ1) is 11.6. The molecule has 0 N–H and O–H groups in total. The normalized spacial score (nSPS) is 11.1. The lowest BCUT2D eigenvalue weighted by molar-refractivity contribution is -0.107. The molecular formula is C20H14Cl2O2. The highest BCUT2D eigenvalue weighted by atomic mass is 35.5. The molecule has 120 valence electrons. The van der Waals surface area contributed by atoms with E-state index in [1.807, 2.05) is 30.3 Å². The molecule has 2 nitrogen and oxygen atoms in total. The summed E-state index contributed by atoms with van der Waals surface area (Å²) in [6.07, 6.45) is 2.89. The predicted octanol–water partition coefficient (Wildman–Crippen LogP) is 5.85. The second-order valence-corrected chi connectivity index (χ2v) is 6.03. The highest BCUT2D eigenvalue weighted by molar-refractivity contribution is 6.66. The lowest BCUT2D eigenvalue weighted by Gasteiger charge is -2.11. The lowest BCUT2D eigenvalue weighted by Crippen LogP contribution is -1.97. The van der Waals surface area contributed by atoms with Crippen molar-refractivity contribution >= 4 is 45.3 Å². The third-order valence-electron chi connectivity index (χ3n) is 3.63. The first-order valence-corrected chi connectivity index (χ1v) is 8.15. The summed E-state index contributed by atoms with van der Waals surface area (Å²) in [4.78, 5) is 10.8. The fraction of sp³-hybridized carbons (Fsp3) is 0.0500. The Hall–Kier alpha value is -2.29. The van der Waals surface area contributed by atoms with Gasteiger partial charge in [-0.05, 0) is 51.7 Å². The van der Waals surface area contributed by atoms with Crippen molar-refractivity contribution in [2.24, 2.45) is 0 Å². The Bertz CT molecular complexity index is 911. The van der Waals surface area contributed by atoms with E-state index in [2.05, 4.69) is 18.2 Å². The number of carbonyl (C=O) groups is 1. The molecule has 0 amide bonds. The average molecular weight is 357 g/mol. The Morgan fingerprint density at radius 2 is 1.83 bits per heavy atom. The molecule has 3 rings (SSSR count). The fourth-order valence-corrected chi connectivity index (χ4v) is 2.78. The van der Waals surface area contributed by atoms with Gasteiger partial charge in [-0.2, -0.15) is 0 Å². The van der Waals surface area contributed by atoms with Gasteiger partial charge in [0.2, 0.25) is 5.24 Å². The molecule has 0 aliphatic rings. The zero-order valence-electron chi connectivity index (χ0n) is 12.7. The zero-order valence-corrected chi connectivity index (χ0v) is 14.2. The number of hydrogen-bond acceptors (Lipinski definition) is 2. The van der Waals surface area contributed by atoms with Crippen molar-refractivity contribution in [2.45, 2.75) is 6.61 Å². The van der Waals surface area contributed by atoms with Crippen LogP contribution in [-0.2, 0) is 11.4 Å². The van der Waals surface area contributed by atoms with E-state index in [1.165, 1.54) is 11.5 Å². The smallest absolute Gasteiger partial charge is 0.245 e. The van der Waals surface area contributed by atoms with Crippen molar-refractivity contribution in [2.75, 3.05) is 0 Å². The highest BCUT2D eigenvalue weighted by Gasteiger charge is 2.05. The Balaban J connectivity index is 1.78. The van der Waals surface area contributed by atoms with E-state index >= 15 is 0 Å². The van der Waals surface area contributed by atoms with Crippen LogP contribution in [0.1, 0.15) is 11.1 Å². The Morgan fingerprint density at radius 1 is 1.04 bits per heavy atom. The topological polar surface area (TPSA) is 26.3 Å². The molecule has 0 saturated heterocycles. The monoisotopic (exact) mass is 356 g/mol. The van der Waals surface area contributed by atoms with Crippen LogP contribution in [0.2, 0.25) is 5.02 Å². The second-order valence-electron chi connectivity index (χ2n) is 5.25. The first-order valence-electron chi connectivity index (χ1n) is 7.40. The summed E-state index contributed by atoms with van der Waals surface area (Å²) in [5, 5.41) is 2.30. The van der Waals surface area contributed by atoms with E-state index in [9.17, 15) is 4.79 Å². The van der Waals surface area contributed by atoms with Gasteiger partial charge in [0.1, 0.15) is 12.4 Å². The summed E-state index contributed by atoms with van der Waals surface area (Å²) in [6.45, 7) is 0.427. The van der Waals surface area contributed by atoms with Gasteiger partial charge < -0.3 is 4.74 Å². The number of benzene rings is 3. The Labute approximate surface area is 150 Å². The van der Waals surface area contributed by atoms with Crippen LogP contribution in [0.3, 0.4) is 0 Å². The number of allylic oxidation sites excluding steroid dienone is 1. The van der Waals surface area contributed by atoms with E-state index in [0.29, 0.717) is 17.4 Å². The molecule has 0 spiro atoms. The summed E-state index contributed by atoms with van der Waals surface area (Å²) >= 11 is 11.5. The minimum Gasteiger partial charge on any atom is -0.487 e. The SMILES string of the molecule is O=C(Cl)/C=C/c1ccc(OCc2cccc3ccccc23)c(Cl)c1. The van der Waals surface area contributed by atoms with Crippen molar-refractivity contribution in [1.29, 1.82) is 0 Å². The molecule has 0 saturated carbocycles. The summed E-state index contributed by atoms with van der Waals surface area (Å²) in [6, 6.07) is 19.6. The molecule has 0 heterocycles. The fourth-order valence-electron chi connectivity index (χ4n) is 2.47. The number of hydrogen-bond donors (Lipinski definition) is 0. The van der Waals surface area contributed by atoms with Crippen molar-refractivity contribution in [3.05, 3.63) is 82.9 Å². The average Bonchev–Trinajstić information content (AvgIpc) is 2.59. The number of fused-ring (bicyclic) bond motifs is 1. The van der Waals surface area contributed by atoms with Gasteiger partial charge in [0.15, 0.2) is 0 Å². The van der Waals surface area contributed by atoms with E-state index in [0.717, 1.165) is 16.5 Å². The standard InChI is InChI=1S/C20H14Cl2O2/c21-18-12-14(9-11-20(22)23)8-10-19(18)24-13-16-6-3-5-15-4-1-2-7-17(15)16/h1-12H,13H2/b11-9+. The Kier molecular flexibility index (Phi) is 5.19. The molecule has 0 aliphatic carbocycles. The molecule has 0 bridgehead atoms. The summed E-state index contributed by atoms with van der Waals surface area (Å²) in [7, 11) is 0. The van der Waals surface area contributed by atoms with Gasteiger partial charge in [0.25, 0.3) is 0 Å². The van der Waals surface area contributed by atoms with Gasteiger partial charge in [-0.25, -0.2) is 0 Å². The van der Waals surface area contributed by atoms with E-state index in [4.69, 9.17) is 27.9 Å². The van der Waals surface area contributed by atoms with Crippen LogP contribution < -0.4 is 4.74 Å². The highest BCUT2D eigenvalue weighted by Crippen LogP contribution is 2.28. The maximum absolute atomic E-state index is 10.8. The molecule has 3 aromatic rings. The third kappa shape index (κ3) is 3.97. The van der Waals surface area contributed by atoms with Gasteiger partial charge in [-0.1, -0.05) is 66.2 Å². The molecule has 0 unspecified atom stereocenters. The second kappa shape index (κ2) is 7.52. The van der Waals surface area contributed by atoms with Crippen molar-refractivity contribution in [1.82, 2.24) is 0 Å². The van der Waals surface area contributed by atoms with Gasteiger partial charge in [0, 0.05) is 0 Å². The third-order valence-corrected chi connectivity index (χ3v) is 4.05. The van der Waals surface area contributed by atoms with Crippen molar-refractivity contribution in [3.8, 4) is 5.75 Å². The van der Waals surface area contributed by atoms with Gasteiger partial charge >= 0.3 is 0 Å². The van der Waals surface area contributed by atoms with Crippen molar-refractivity contribution in [3.63, 3.8) is 0 Å². The van der Waals surface area contributed by atoms with Crippen LogP contribution in [0.25, 0.3) is 16.8 Å². The maximum Gasteiger partial charge on any atom is 0.245 e. The molecule has 0 fully saturated rings. The maximum atomic E-state index is 10.8. The molecule has 0 aliphatic heterocycles. The first kappa shape index (κ1) is 16.6. The molecule has 4 heteroatoms. The molecular weight excluding hydrogens is 343 g/mol.